The molecule has 0 spiro atoms. The van der Waals surface area contributed by atoms with E-state index in [-0.39, 0.29) is 0 Å². The Labute approximate surface area is 101 Å². The molecule has 0 radical (unpaired) electrons. The van der Waals surface area contributed by atoms with Crippen molar-refractivity contribution in [3.8, 4) is 0 Å². The molecule has 0 aromatic rings. The van der Waals surface area contributed by atoms with Gasteiger partial charge in [-0.2, -0.15) is 0 Å². The Hall–Kier alpha value is -0.120. The van der Waals surface area contributed by atoms with Gasteiger partial charge in [0.1, 0.15) is 0 Å². The molecule has 0 aromatic carbocycles. The summed E-state index contributed by atoms with van der Waals surface area (Å²) in [4.78, 5) is 2.26. The van der Waals surface area contributed by atoms with Crippen LogP contribution < -0.4 is 5.32 Å². The minimum Gasteiger partial charge on any atom is -0.380 e. The van der Waals surface area contributed by atoms with Crippen LogP contribution in [0.25, 0.3) is 0 Å². The molecular weight excluding hydrogens is 200 g/mol. The molecule has 1 aliphatic rings. The molecular formula is C13H28N2O. The summed E-state index contributed by atoms with van der Waals surface area (Å²) in [5.74, 6) is 0.753. The maximum absolute atomic E-state index is 5.28. The number of nitrogens with one attached hydrogen (secondary N) is 1. The first kappa shape index (κ1) is 13.9. The Balaban J connectivity index is 2.30. The highest BCUT2D eigenvalue weighted by Gasteiger charge is 2.33. The molecule has 96 valence electrons. The SMILES string of the molecule is CC(C)CC(CN(C)C)NCC1(C)COC1. The molecule has 1 aliphatic heterocycles. The Bertz CT molecular complexity index is 190. The van der Waals surface area contributed by atoms with E-state index in [1.54, 1.807) is 0 Å². The zero-order valence-electron chi connectivity index (χ0n) is 11.5. The number of hydrogen-bond donors (Lipinski definition) is 1. The highest BCUT2D eigenvalue weighted by atomic mass is 16.5. The highest BCUT2D eigenvalue weighted by Crippen LogP contribution is 2.25. The normalized spacial score (nSPS) is 21.2. The van der Waals surface area contributed by atoms with Crippen LogP contribution in [0, 0.1) is 11.3 Å². The molecule has 3 heteroatoms. The molecule has 1 rings (SSSR count). The van der Waals surface area contributed by atoms with Gasteiger partial charge in [-0.15, -0.1) is 0 Å². The van der Waals surface area contributed by atoms with Crippen LogP contribution in [0.5, 0.6) is 0 Å². The van der Waals surface area contributed by atoms with Crippen LogP contribution in [0.1, 0.15) is 27.2 Å². The zero-order valence-corrected chi connectivity index (χ0v) is 11.5. The summed E-state index contributed by atoms with van der Waals surface area (Å²) in [6.07, 6.45) is 1.25. The van der Waals surface area contributed by atoms with Gasteiger partial charge in [0.2, 0.25) is 0 Å². The second kappa shape index (κ2) is 5.99. The minimum atomic E-state index is 0.377. The average Bonchev–Trinajstić information content (AvgIpc) is 2.09. The Morgan fingerprint density at radius 3 is 2.31 bits per heavy atom. The Morgan fingerprint density at radius 1 is 1.31 bits per heavy atom. The molecule has 0 aromatic heterocycles. The van der Waals surface area contributed by atoms with Crippen LogP contribution in [0.15, 0.2) is 0 Å². The molecule has 0 bridgehead atoms. The van der Waals surface area contributed by atoms with Crippen LogP contribution >= 0.6 is 0 Å². The first-order valence-corrected chi connectivity index (χ1v) is 6.37. The standard InChI is InChI=1S/C13H28N2O/c1-11(2)6-12(7-15(4)5)14-8-13(3)9-16-10-13/h11-12,14H,6-10H2,1-5H3. The second-order valence-electron chi connectivity index (χ2n) is 6.27. The van der Waals surface area contributed by atoms with Crippen molar-refractivity contribution in [1.29, 1.82) is 0 Å². The molecule has 1 atom stereocenters. The van der Waals surface area contributed by atoms with Crippen molar-refractivity contribution >= 4 is 0 Å². The van der Waals surface area contributed by atoms with Crippen molar-refractivity contribution in [1.82, 2.24) is 10.2 Å². The summed E-state index contributed by atoms with van der Waals surface area (Å²) in [5.41, 5.74) is 0.377. The lowest BCUT2D eigenvalue weighted by molar-refractivity contribution is -0.100. The molecule has 0 aliphatic carbocycles. The first-order valence-electron chi connectivity index (χ1n) is 6.37. The molecule has 3 nitrogen and oxygen atoms in total. The van der Waals surface area contributed by atoms with E-state index in [1.807, 2.05) is 0 Å². The van der Waals surface area contributed by atoms with E-state index < -0.39 is 0 Å². The van der Waals surface area contributed by atoms with Gasteiger partial charge < -0.3 is 15.0 Å². The van der Waals surface area contributed by atoms with E-state index in [1.165, 1.54) is 6.42 Å². The molecule has 1 N–H and O–H groups in total. The van der Waals surface area contributed by atoms with Crippen molar-refractivity contribution in [2.75, 3.05) is 40.4 Å². The second-order valence-corrected chi connectivity index (χ2v) is 6.27. The fourth-order valence-corrected chi connectivity index (χ4v) is 2.18. The van der Waals surface area contributed by atoms with Crippen LogP contribution in [-0.4, -0.2) is 51.3 Å². The third-order valence-corrected chi connectivity index (χ3v) is 3.06. The van der Waals surface area contributed by atoms with E-state index in [4.69, 9.17) is 4.74 Å². The van der Waals surface area contributed by atoms with Crippen molar-refractivity contribution in [2.45, 2.75) is 33.2 Å². The van der Waals surface area contributed by atoms with Gasteiger partial charge in [-0.05, 0) is 26.4 Å². The van der Waals surface area contributed by atoms with Gasteiger partial charge in [-0.3, -0.25) is 0 Å². The van der Waals surface area contributed by atoms with Crippen LogP contribution in [0.3, 0.4) is 0 Å². The lowest BCUT2D eigenvalue weighted by atomic mass is 9.88. The molecule has 1 heterocycles. The molecule has 0 saturated carbocycles. The topological polar surface area (TPSA) is 24.5 Å². The lowest BCUT2D eigenvalue weighted by Gasteiger charge is -2.39. The third kappa shape index (κ3) is 4.81. The summed E-state index contributed by atoms with van der Waals surface area (Å²) in [5, 5.41) is 3.70. The molecule has 1 saturated heterocycles. The van der Waals surface area contributed by atoms with Crippen molar-refractivity contribution < 1.29 is 4.74 Å². The fraction of sp³-hybridized carbons (Fsp3) is 1.00. The van der Waals surface area contributed by atoms with Crippen LogP contribution in [0.2, 0.25) is 0 Å². The van der Waals surface area contributed by atoms with Gasteiger partial charge in [-0.1, -0.05) is 20.8 Å². The van der Waals surface area contributed by atoms with Crippen molar-refractivity contribution in [3.05, 3.63) is 0 Å². The minimum absolute atomic E-state index is 0.377. The predicted octanol–water partition coefficient (Wildman–Crippen LogP) is 1.59. The first-order chi connectivity index (χ1) is 7.41. The quantitative estimate of drug-likeness (QED) is 0.716. The lowest BCUT2D eigenvalue weighted by Crippen LogP contribution is -2.51. The van der Waals surface area contributed by atoms with Crippen molar-refractivity contribution in [3.63, 3.8) is 0 Å². The maximum Gasteiger partial charge on any atom is 0.0554 e. The Morgan fingerprint density at radius 2 is 1.94 bits per heavy atom. The number of ether oxygens (including phenoxy) is 1. The summed E-state index contributed by atoms with van der Waals surface area (Å²) in [6.45, 7) is 10.9. The fourth-order valence-electron chi connectivity index (χ4n) is 2.18. The number of likely N-dealkylation sites (N-methyl/N-ethyl adjacent to an activating group) is 1. The van der Waals surface area contributed by atoms with Gasteiger partial charge >= 0.3 is 0 Å². The van der Waals surface area contributed by atoms with E-state index in [0.717, 1.165) is 32.2 Å². The molecule has 1 fully saturated rings. The van der Waals surface area contributed by atoms with E-state index >= 15 is 0 Å². The van der Waals surface area contributed by atoms with E-state index in [2.05, 4.69) is 45.1 Å². The van der Waals surface area contributed by atoms with Crippen molar-refractivity contribution in [2.24, 2.45) is 11.3 Å². The van der Waals surface area contributed by atoms with E-state index in [9.17, 15) is 0 Å². The summed E-state index contributed by atoms with van der Waals surface area (Å²) < 4.78 is 5.28. The third-order valence-electron chi connectivity index (χ3n) is 3.06. The number of rotatable bonds is 7. The molecule has 16 heavy (non-hydrogen) atoms. The van der Waals surface area contributed by atoms with E-state index in [0.29, 0.717) is 11.5 Å². The van der Waals surface area contributed by atoms with Gasteiger partial charge in [0, 0.05) is 24.5 Å². The van der Waals surface area contributed by atoms with Gasteiger partial charge in [0.15, 0.2) is 0 Å². The summed E-state index contributed by atoms with van der Waals surface area (Å²) >= 11 is 0. The average molecular weight is 228 g/mol. The smallest absolute Gasteiger partial charge is 0.0554 e. The number of hydrogen-bond acceptors (Lipinski definition) is 3. The van der Waals surface area contributed by atoms with Gasteiger partial charge in [0.05, 0.1) is 13.2 Å². The zero-order chi connectivity index (χ0) is 12.2. The highest BCUT2D eigenvalue weighted by molar-refractivity contribution is 4.85. The number of nitrogens with zero attached hydrogens (tertiary/aromatic N) is 1. The van der Waals surface area contributed by atoms with Crippen LogP contribution in [-0.2, 0) is 4.74 Å². The summed E-state index contributed by atoms with van der Waals surface area (Å²) in [6, 6.07) is 0.604. The van der Waals surface area contributed by atoms with Crippen LogP contribution in [0.4, 0.5) is 0 Å². The monoisotopic (exact) mass is 228 g/mol. The van der Waals surface area contributed by atoms with Gasteiger partial charge in [0.25, 0.3) is 0 Å². The predicted molar refractivity (Wildman–Crippen MR) is 68.7 cm³/mol. The Kier molecular flexibility index (Phi) is 5.22. The summed E-state index contributed by atoms with van der Waals surface area (Å²) in [7, 11) is 4.28. The molecule has 0 amide bonds. The van der Waals surface area contributed by atoms with Gasteiger partial charge in [-0.25, -0.2) is 0 Å². The largest absolute Gasteiger partial charge is 0.380 e. The molecule has 1 unspecified atom stereocenters. The maximum atomic E-state index is 5.28.